The van der Waals surface area contributed by atoms with Gasteiger partial charge in [-0.1, -0.05) is 42.5 Å². The summed E-state index contributed by atoms with van der Waals surface area (Å²) in [6.45, 7) is -0.0688. The zero-order chi connectivity index (χ0) is 21.8. The maximum atomic E-state index is 13.4. The van der Waals surface area contributed by atoms with Crippen LogP contribution in [0.25, 0.3) is 10.9 Å². The van der Waals surface area contributed by atoms with E-state index in [0.29, 0.717) is 34.5 Å². The van der Waals surface area contributed by atoms with Crippen LogP contribution < -0.4 is 16.0 Å². The Hall–Kier alpha value is -4.00. The Labute approximate surface area is 177 Å². The molecule has 156 valence electrons. The van der Waals surface area contributed by atoms with Gasteiger partial charge in [0.1, 0.15) is 30.5 Å². The topological polar surface area (TPSA) is 87.2 Å². The van der Waals surface area contributed by atoms with Crippen molar-refractivity contribution in [3.05, 3.63) is 106 Å². The number of carbonyl (C=O) groups is 1. The molecule has 0 aliphatic carbocycles. The molecule has 1 heterocycles. The molecule has 4 aromatic rings. The Kier molecular flexibility index (Phi) is 5.75. The van der Waals surface area contributed by atoms with Crippen LogP contribution in [0, 0.1) is 5.82 Å². The van der Waals surface area contributed by atoms with E-state index in [1.54, 1.807) is 30.3 Å². The van der Waals surface area contributed by atoms with Crippen molar-refractivity contribution in [1.82, 2.24) is 9.55 Å². The molecule has 4 rings (SSSR count). The molecule has 1 amide bonds. The monoisotopic (exact) mass is 417 g/mol. The lowest BCUT2D eigenvalue weighted by Crippen LogP contribution is -2.31. The van der Waals surface area contributed by atoms with Crippen LogP contribution in [0.4, 0.5) is 4.39 Å². The molecule has 6 nitrogen and oxygen atoms in total. The fourth-order valence-corrected chi connectivity index (χ4v) is 3.36. The smallest absolute Gasteiger partial charge is 0.261 e. The van der Waals surface area contributed by atoms with Crippen molar-refractivity contribution < 1.29 is 13.9 Å². The minimum atomic E-state index is -0.618. The zero-order valence-corrected chi connectivity index (χ0v) is 16.6. The highest BCUT2D eigenvalue weighted by Crippen LogP contribution is 2.20. The van der Waals surface area contributed by atoms with Gasteiger partial charge in [-0.15, -0.1) is 0 Å². The first-order valence-electron chi connectivity index (χ1n) is 9.72. The van der Waals surface area contributed by atoms with Crippen LogP contribution in [-0.2, 0) is 24.4 Å². The number of halogens is 1. The van der Waals surface area contributed by atoms with Crippen molar-refractivity contribution in [3.8, 4) is 5.75 Å². The molecule has 0 radical (unpaired) electrons. The maximum absolute atomic E-state index is 13.4. The molecule has 0 fully saturated rings. The van der Waals surface area contributed by atoms with Crippen LogP contribution in [0.15, 0.2) is 77.6 Å². The van der Waals surface area contributed by atoms with Gasteiger partial charge in [0.25, 0.3) is 5.56 Å². The predicted molar refractivity (Wildman–Crippen MR) is 115 cm³/mol. The van der Waals surface area contributed by atoms with Gasteiger partial charge in [0, 0.05) is 12.5 Å². The third-order valence-electron chi connectivity index (χ3n) is 4.82. The molecule has 0 atom stereocenters. The first-order chi connectivity index (χ1) is 15.0. The molecule has 0 aliphatic heterocycles. The molecule has 7 heteroatoms. The minimum absolute atomic E-state index is 0.179. The van der Waals surface area contributed by atoms with E-state index >= 15 is 0 Å². The number of hydrogen-bond acceptors (Lipinski definition) is 4. The van der Waals surface area contributed by atoms with Crippen LogP contribution in [-0.4, -0.2) is 15.5 Å². The number of amides is 1. The van der Waals surface area contributed by atoms with Crippen LogP contribution >= 0.6 is 0 Å². The second kappa shape index (κ2) is 8.79. The molecule has 0 aliphatic rings. The second-order valence-corrected chi connectivity index (χ2v) is 7.15. The third-order valence-corrected chi connectivity index (χ3v) is 4.82. The summed E-state index contributed by atoms with van der Waals surface area (Å²) in [6, 6.07) is 20.6. The van der Waals surface area contributed by atoms with E-state index in [1.807, 2.05) is 30.3 Å². The predicted octanol–water partition coefficient (Wildman–Crippen LogP) is 3.19. The van der Waals surface area contributed by atoms with Crippen LogP contribution in [0.2, 0.25) is 0 Å². The zero-order valence-electron chi connectivity index (χ0n) is 16.6. The largest absolute Gasteiger partial charge is 0.489 e. The summed E-state index contributed by atoms with van der Waals surface area (Å²) in [5, 5.41) is 0.358. The SMILES string of the molecule is NC(=O)Cn1c(Cc2ccccc2)nc2cc(OCc3cccc(F)c3)ccc2c1=O. The molecule has 0 spiro atoms. The average molecular weight is 417 g/mol. The Morgan fingerprint density at radius 1 is 1.00 bits per heavy atom. The van der Waals surface area contributed by atoms with Gasteiger partial charge in [-0.05, 0) is 35.4 Å². The van der Waals surface area contributed by atoms with Gasteiger partial charge in [0.05, 0.1) is 10.9 Å². The van der Waals surface area contributed by atoms with Crippen molar-refractivity contribution in [2.75, 3.05) is 0 Å². The number of rotatable bonds is 7. The van der Waals surface area contributed by atoms with E-state index in [4.69, 9.17) is 10.5 Å². The Bertz CT molecular complexity index is 1300. The van der Waals surface area contributed by atoms with Gasteiger partial charge in [-0.3, -0.25) is 14.2 Å². The first kappa shape index (κ1) is 20.3. The standard InChI is InChI=1S/C24H20FN3O3/c25-18-8-4-7-17(11-18)15-31-19-9-10-20-21(13-19)27-23(12-16-5-2-1-3-6-16)28(24(20)30)14-22(26)29/h1-11,13H,12,14-15H2,(H2,26,29). The first-order valence-corrected chi connectivity index (χ1v) is 9.72. The highest BCUT2D eigenvalue weighted by Gasteiger charge is 2.14. The van der Waals surface area contributed by atoms with E-state index < -0.39 is 5.91 Å². The van der Waals surface area contributed by atoms with Crippen molar-refractivity contribution in [2.24, 2.45) is 5.73 Å². The molecule has 0 unspecified atom stereocenters. The summed E-state index contributed by atoms with van der Waals surface area (Å²) >= 11 is 0. The quantitative estimate of drug-likeness (QED) is 0.500. The average Bonchev–Trinajstić information content (AvgIpc) is 2.75. The third kappa shape index (κ3) is 4.78. The van der Waals surface area contributed by atoms with Crippen molar-refractivity contribution in [2.45, 2.75) is 19.6 Å². The highest BCUT2D eigenvalue weighted by atomic mass is 19.1. The van der Waals surface area contributed by atoms with E-state index in [-0.39, 0.29) is 24.5 Å². The van der Waals surface area contributed by atoms with Gasteiger partial charge < -0.3 is 10.5 Å². The summed E-state index contributed by atoms with van der Waals surface area (Å²) in [4.78, 5) is 29.2. The van der Waals surface area contributed by atoms with Crippen molar-refractivity contribution in [1.29, 1.82) is 0 Å². The number of nitrogens with zero attached hydrogens (tertiary/aromatic N) is 2. The van der Waals surface area contributed by atoms with E-state index in [2.05, 4.69) is 4.98 Å². The summed E-state index contributed by atoms with van der Waals surface area (Å²) in [5.74, 6) is -0.0128. The van der Waals surface area contributed by atoms with Gasteiger partial charge >= 0.3 is 0 Å². The van der Waals surface area contributed by atoms with Crippen molar-refractivity contribution >= 4 is 16.8 Å². The number of ether oxygens (including phenoxy) is 1. The number of aromatic nitrogens is 2. The maximum Gasteiger partial charge on any atom is 0.261 e. The highest BCUT2D eigenvalue weighted by molar-refractivity contribution is 5.80. The molecule has 0 saturated heterocycles. The summed E-state index contributed by atoms with van der Waals surface area (Å²) in [7, 11) is 0. The molecular weight excluding hydrogens is 397 g/mol. The van der Waals surface area contributed by atoms with E-state index in [1.165, 1.54) is 16.7 Å². The lowest BCUT2D eigenvalue weighted by molar-refractivity contribution is -0.118. The number of benzene rings is 3. The Morgan fingerprint density at radius 3 is 2.52 bits per heavy atom. The fourth-order valence-electron chi connectivity index (χ4n) is 3.36. The summed E-state index contributed by atoms with van der Waals surface area (Å²) in [6.07, 6.45) is 0.369. The Morgan fingerprint density at radius 2 is 1.77 bits per heavy atom. The molecule has 0 saturated carbocycles. The molecular formula is C24H20FN3O3. The van der Waals surface area contributed by atoms with Crippen molar-refractivity contribution in [3.63, 3.8) is 0 Å². The number of hydrogen-bond donors (Lipinski definition) is 1. The summed E-state index contributed by atoms with van der Waals surface area (Å²) < 4.78 is 20.4. The van der Waals surface area contributed by atoms with E-state index in [9.17, 15) is 14.0 Å². The summed E-state index contributed by atoms with van der Waals surface area (Å²) in [5.41, 5.74) is 7.11. The Balaban J connectivity index is 1.70. The normalized spacial score (nSPS) is 10.9. The number of nitrogens with two attached hydrogens (primary N) is 1. The lowest BCUT2D eigenvalue weighted by atomic mass is 10.1. The number of fused-ring (bicyclic) bond motifs is 1. The van der Waals surface area contributed by atoms with Crippen LogP contribution in [0.5, 0.6) is 5.75 Å². The molecule has 2 N–H and O–H groups in total. The van der Waals surface area contributed by atoms with E-state index in [0.717, 1.165) is 5.56 Å². The van der Waals surface area contributed by atoms with Gasteiger partial charge in [0.2, 0.25) is 5.91 Å². The van der Waals surface area contributed by atoms with Gasteiger partial charge in [0.15, 0.2) is 0 Å². The van der Waals surface area contributed by atoms with Crippen LogP contribution in [0.3, 0.4) is 0 Å². The second-order valence-electron chi connectivity index (χ2n) is 7.15. The lowest BCUT2D eigenvalue weighted by Gasteiger charge is -2.13. The molecule has 3 aromatic carbocycles. The minimum Gasteiger partial charge on any atom is -0.489 e. The fraction of sp³-hybridized carbons (Fsp3) is 0.125. The van der Waals surface area contributed by atoms with Gasteiger partial charge in [-0.25, -0.2) is 9.37 Å². The number of carbonyl (C=O) groups excluding carboxylic acids is 1. The van der Waals surface area contributed by atoms with Gasteiger partial charge in [-0.2, -0.15) is 0 Å². The van der Waals surface area contributed by atoms with Crippen LogP contribution in [0.1, 0.15) is 17.0 Å². The molecule has 31 heavy (non-hydrogen) atoms. The molecule has 0 bridgehead atoms. The molecule has 1 aromatic heterocycles. The number of primary amides is 1.